The number of nitrogens with one attached hydrogen (secondary N) is 3. The smallest absolute Gasteiger partial charge is 0.276 e. The van der Waals surface area contributed by atoms with Crippen LogP contribution in [0.1, 0.15) is 82.4 Å². The van der Waals surface area contributed by atoms with Gasteiger partial charge in [0.15, 0.2) is 0 Å². The first-order valence-corrected chi connectivity index (χ1v) is 16.8. The summed E-state index contributed by atoms with van der Waals surface area (Å²) in [4.78, 5) is 48.4. The Hall–Kier alpha value is -5.83. The Balaban J connectivity index is 0.00000504. The molecule has 0 spiro atoms. The van der Waals surface area contributed by atoms with Gasteiger partial charge in [-0.15, -0.1) is 0 Å². The van der Waals surface area contributed by atoms with Crippen molar-refractivity contribution >= 4 is 51.7 Å². The van der Waals surface area contributed by atoms with Crippen molar-refractivity contribution in [2.75, 3.05) is 17.7 Å². The predicted octanol–water partition coefficient (Wildman–Crippen LogP) is 4.88. The molecular weight excluding hydrogens is 648 g/mol. The van der Waals surface area contributed by atoms with Crippen LogP contribution in [0.4, 0.5) is 11.9 Å². The maximum atomic E-state index is 13.5. The van der Waals surface area contributed by atoms with Crippen LogP contribution in [0.5, 0.6) is 0 Å². The number of carbonyl (C=O) groups is 3. The topological polar surface area (TPSA) is 185 Å². The summed E-state index contributed by atoms with van der Waals surface area (Å²) in [5.41, 5.74) is 12.3. The molecule has 0 unspecified atom stereocenters. The number of imidazole rings is 2. The van der Waals surface area contributed by atoms with Crippen molar-refractivity contribution in [1.29, 1.82) is 0 Å². The minimum absolute atomic E-state index is 0. The molecule has 0 saturated carbocycles. The van der Waals surface area contributed by atoms with E-state index in [1.54, 1.807) is 39.7 Å². The molecule has 6 aromatic rings. The quantitative estimate of drug-likeness (QED) is 0.116. The van der Waals surface area contributed by atoms with Crippen LogP contribution in [-0.2, 0) is 32.7 Å². The molecule has 0 atom stereocenters. The van der Waals surface area contributed by atoms with Gasteiger partial charge in [0, 0.05) is 38.3 Å². The number of unbranched alkanes of at least 4 members (excludes halogenated alkanes) is 1. The number of hydrogen-bond acceptors (Lipinski definition) is 8. The zero-order chi connectivity index (χ0) is 35.5. The summed E-state index contributed by atoms with van der Waals surface area (Å²) in [6, 6.07) is 14.6. The van der Waals surface area contributed by atoms with Gasteiger partial charge in [-0.3, -0.25) is 34.4 Å². The summed E-state index contributed by atoms with van der Waals surface area (Å²) >= 11 is 0. The second-order valence-corrected chi connectivity index (χ2v) is 12.1. The second kappa shape index (κ2) is 15.4. The molecule has 0 radical (unpaired) electrons. The third kappa shape index (κ3) is 7.38. The van der Waals surface area contributed by atoms with Gasteiger partial charge in [0.25, 0.3) is 11.8 Å². The fourth-order valence-electron chi connectivity index (χ4n) is 6.27. The predicted molar refractivity (Wildman–Crippen MR) is 198 cm³/mol. The Bertz CT molecular complexity index is 2220. The number of anilines is 2. The van der Waals surface area contributed by atoms with Crippen molar-refractivity contribution in [3.8, 4) is 0 Å². The highest BCUT2D eigenvalue weighted by molar-refractivity contribution is 6.04. The summed E-state index contributed by atoms with van der Waals surface area (Å²) in [7, 11) is 1.89. The minimum Gasteiger partial charge on any atom is -0.366 e. The number of fused-ring (bicyclic) bond motifs is 2. The Kier molecular flexibility index (Phi) is 11.0. The fraction of sp³-hybridized carbons (Fsp3) is 0.361. The molecule has 0 aliphatic carbocycles. The maximum Gasteiger partial charge on any atom is 0.276 e. The highest BCUT2D eigenvalue weighted by Crippen LogP contribution is 2.26. The number of aromatic nitrogens is 8. The van der Waals surface area contributed by atoms with E-state index in [2.05, 4.69) is 31.1 Å². The first-order valence-electron chi connectivity index (χ1n) is 16.8. The largest absolute Gasteiger partial charge is 0.366 e. The van der Waals surface area contributed by atoms with Crippen molar-refractivity contribution in [1.82, 2.24) is 44.0 Å². The van der Waals surface area contributed by atoms with E-state index in [1.807, 2.05) is 62.1 Å². The molecule has 3 amide bonds. The van der Waals surface area contributed by atoms with E-state index in [1.165, 1.54) is 0 Å². The molecule has 4 aromatic heterocycles. The molecule has 5 N–H and O–H groups in total. The van der Waals surface area contributed by atoms with Crippen LogP contribution in [0, 0.1) is 13.8 Å². The lowest BCUT2D eigenvalue weighted by molar-refractivity contribution is 0.0995. The van der Waals surface area contributed by atoms with Crippen molar-refractivity contribution in [2.24, 2.45) is 5.73 Å². The summed E-state index contributed by atoms with van der Waals surface area (Å²) < 4.78 is 7.30. The molecule has 4 heterocycles. The maximum absolute atomic E-state index is 13.5. The molecule has 0 aliphatic heterocycles. The van der Waals surface area contributed by atoms with Gasteiger partial charge >= 0.3 is 0 Å². The van der Waals surface area contributed by atoms with Gasteiger partial charge in [0.05, 0.1) is 33.5 Å². The van der Waals surface area contributed by atoms with Crippen molar-refractivity contribution in [3.05, 3.63) is 82.4 Å². The number of primary amides is 1. The first-order chi connectivity index (χ1) is 24.1. The number of para-hydroxylation sites is 1. The second-order valence-electron chi connectivity index (χ2n) is 12.1. The number of amides is 3. The van der Waals surface area contributed by atoms with E-state index in [-0.39, 0.29) is 19.2 Å². The normalized spacial score (nSPS) is 11.2. The van der Waals surface area contributed by atoms with Crippen LogP contribution in [0.25, 0.3) is 22.1 Å². The van der Waals surface area contributed by atoms with Crippen LogP contribution in [0.15, 0.2) is 48.5 Å². The number of nitrogens with zero attached hydrogens (tertiary/aromatic N) is 8. The number of rotatable bonds is 14. The summed E-state index contributed by atoms with van der Waals surface area (Å²) in [5, 5.41) is 18.0. The SMILES string of the molecule is C.CCn1nc(C)cc1C(=O)Nc1nc2cc(C(N)=O)ccc2n1CCCCn1c(NC(=O)c2cc(C)nn2CC)nc2c(CNC)cccc21. The van der Waals surface area contributed by atoms with E-state index in [0.717, 1.165) is 33.5 Å². The minimum atomic E-state index is -0.558. The molecular formula is C36H46N12O3. The Morgan fingerprint density at radius 1 is 0.765 bits per heavy atom. The van der Waals surface area contributed by atoms with Gasteiger partial charge in [0.2, 0.25) is 17.8 Å². The number of nitrogens with two attached hydrogens (primary N) is 1. The van der Waals surface area contributed by atoms with Gasteiger partial charge in [0.1, 0.15) is 11.4 Å². The van der Waals surface area contributed by atoms with Crippen molar-refractivity contribution < 1.29 is 14.4 Å². The molecule has 6 rings (SSSR count). The van der Waals surface area contributed by atoms with Gasteiger partial charge < -0.3 is 20.2 Å². The summed E-state index contributed by atoms with van der Waals surface area (Å²) in [6.07, 6.45) is 1.41. The highest BCUT2D eigenvalue weighted by atomic mass is 16.2. The number of carbonyl (C=O) groups excluding carboxylic acids is 3. The number of benzene rings is 2. The fourth-order valence-corrected chi connectivity index (χ4v) is 6.27. The van der Waals surface area contributed by atoms with Gasteiger partial charge in [-0.05, 0) is 89.5 Å². The lowest BCUT2D eigenvalue weighted by Crippen LogP contribution is -2.20. The molecule has 0 aliphatic rings. The monoisotopic (exact) mass is 694 g/mol. The van der Waals surface area contributed by atoms with Gasteiger partial charge in [-0.25, -0.2) is 9.97 Å². The van der Waals surface area contributed by atoms with E-state index in [0.29, 0.717) is 79.9 Å². The van der Waals surface area contributed by atoms with Crippen LogP contribution in [0.2, 0.25) is 0 Å². The lowest BCUT2D eigenvalue weighted by Gasteiger charge is -2.13. The average Bonchev–Trinajstić information content (AvgIpc) is 3.85. The zero-order valence-corrected chi connectivity index (χ0v) is 28.9. The third-order valence-electron chi connectivity index (χ3n) is 8.60. The van der Waals surface area contributed by atoms with Crippen molar-refractivity contribution in [2.45, 2.75) is 80.7 Å². The Morgan fingerprint density at radius 3 is 1.88 bits per heavy atom. The summed E-state index contributed by atoms with van der Waals surface area (Å²) in [5.74, 6) is -0.357. The molecule has 2 aromatic carbocycles. The molecule has 15 heteroatoms. The van der Waals surface area contributed by atoms with E-state index in [4.69, 9.17) is 10.7 Å². The molecule has 15 nitrogen and oxygen atoms in total. The molecule has 51 heavy (non-hydrogen) atoms. The van der Waals surface area contributed by atoms with Gasteiger partial charge in [-0.1, -0.05) is 19.6 Å². The van der Waals surface area contributed by atoms with Gasteiger partial charge in [-0.2, -0.15) is 10.2 Å². The standard InChI is InChI=1S/C35H42N12O3.CH4/c1-6-46-28(17-21(3)42-46)32(49)40-34-38-25-19-23(31(36)48)13-14-26(25)44(34)15-8-9-16-45-27-12-10-11-24(20-37-5)30(27)39-35(45)41-33(50)29-18-22(4)43-47(29)7-2;/h10-14,17-19,37H,6-9,15-16,20H2,1-5H3,(H2,36,48)(H,38,40,49)(H,39,41,50);1H4. The summed E-state index contributed by atoms with van der Waals surface area (Å²) in [6.45, 7) is 10.4. The van der Waals surface area contributed by atoms with E-state index >= 15 is 0 Å². The van der Waals surface area contributed by atoms with E-state index < -0.39 is 5.91 Å². The van der Waals surface area contributed by atoms with E-state index in [9.17, 15) is 14.4 Å². The van der Waals surface area contributed by atoms with Crippen molar-refractivity contribution in [3.63, 3.8) is 0 Å². The molecule has 0 bridgehead atoms. The molecule has 0 fully saturated rings. The average molecular weight is 695 g/mol. The van der Waals surface area contributed by atoms with Crippen LogP contribution in [0.3, 0.4) is 0 Å². The molecule has 0 saturated heterocycles. The Labute approximate surface area is 296 Å². The van der Waals surface area contributed by atoms with Crippen LogP contribution in [-0.4, -0.2) is 63.4 Å². The number of aryl methyl sites for hydroxylation is 6. The zero-order valence-electron chi connectivity index (χ0n) is 28.9. The first kappa shape index (κ1) is 36.5. The lowest BCUT2D eigenvalue weighted by atomic mass is 10.2. The van der Waals surface area contributed by atoms with Crippen LogP contribution < -0.4 is 21.7 Å². The highest BCUT2D eigenvalue weighted by Gasteiger charge is 2.21. The third-order valence-corrected chi connectivity index (χ3v) is 8.60. The molecule has 268 valence electrons. The Morgan fingerprint density at radius 2 is 1.33 bits per heavy atom. The number of hydrogen-bond donors (Lipinski definition) is 4. The van der Waals surface area contributed by atoms with Crippen LogP contribution >= 0.6 is 0 Å².